The molecular weight excluding hydrogens is 486 g/mol. The van der Waals surface area contributed by atoms with Crippen LogP contribution in [0.15, 0.2) is 83.3 Å². The van der Waals surface area contributed by atoms with Crippen molar-refractivity contribution in [2.45, 2.75) is 11.8 Å². The second kappa shape index (κ2) is 10.3. The third-order valence-corrected chi connectivity index (χ3v) is 7.90. The lowest BCUT2D eigenvalue weighted by molar-refractivity contribution is 0.0707. The Kier molecular flexibility index (Phi) is 7.15. The third kappa shape index (κ3) is 5.19. The lowest BCUT2D eigenvalue weighted by Crippen LogP contribution is -2.30. The maximum atomic E-state index is 13.5. The number of hydrogen-bond donors (Lipinski definition) is 2. The van der Waals surface area contributed by atoms with Crippen molar-refractivity contribution in [3.05, 3.63) is 89.6 Å². The predicted octanol–water partition coefficient (Wildman–Crippen LogP) is 4.82. The summed E-state index contributed by atoms with van der Waals surface area (Å²) in [6.07, 6.45) is 3.10. The molecule has 0 radical (unpaired) electrons. The van der Waals surface area contributed by atoms with Crippen LogP contribution in [0.2, 0.25) is 0 Å². The third-order valence-electron chi connectivity index (χ3n) is 5.40. The fraction of sp³-hybridized carbons (Fsp3) is 0.120. The molecule has 0 bridgehead atoms. The minimum atomic E-state index is -3.85. The van der Waals surface area contributed by atoms with Gasteiger partial charge in [-0.2, -0.15) is 0 Å². The molecule has 8 nitrogen and oxygen atoms in total. The number of hydrogen-bond acceptors (Lipinski definition) is 8. The largest absolute Gasteiger partial charge is 0.497 e. The van der Waals surface area contributed by atoms with Gasteiger partial charge in [-0.1, -0.05) is 6.07 Å². The molecule has 180 valence electrons. The van der Waals surface area contributed by atoms with Crippen LogP contribution in [0.25, 0.3) is 10.4 Å². The average Bonchev–Trinajstić information content (AvgIpc) is 3.42. The Balaban J connectivity index is 1.88. The second-order valence-electron chi connectivity index (χ2n) is 7.67. The fourth-order valence-corrected chi connectivity index (χ4v) is 5.80. The SMILES string of the molecule is COc1ccc(S(=O)(=O)CN(c2cccnc2)c2c(C)cc(-c3cccs3)cc2C(=O)NO)cc1. The zero-order valence-corrected chi connectivity index (χ0v) is 20.6. The summed E-state index contributed by atoms with van der Waals surface area (Å²) in [6.45, 7) is 1.80. The molecule has 0 atom stereocenters. The van der Waals surface area contributed by atoms with Crippen molar-refractivity contribution >= 4 is 38.5 Å². The van der Waals surface area contributed by atoms with Gasteiger partial charge in [-0.3, -0.25) is 15.0 Å². The summed E-state index contributed by atoms with van der Waals surface area (Å²) in [5.74, 6) is -0.678. The molecule has 2 aromatic heterocycles. The van der Waals surface area contributed by atoms with Gasteiger partial charge in [-0.05, 0) is 78.0 Å². The molecule has 4 aromatic rings. The van der Waals surface area contributed by atoms with E-state index in [2.05, 4.69) is 4.98 Å². The molecule has 0 saturated carbocycles. The van der Waals surface area contributed by atoms with E-state index < -0.39 is 21.6 Å². The van der Waals surface area contributed by atoms with Crippen molar-refractivity contribution in [2.24, 2.45) is 0 Å². The highest BCUT2D eigenvalue weighted by Gasteiger charge is 2.27. The average molecular weight is 510 g/mol. The Bertz CT molecular complexity index is 1420. The van der Waals surface area contributed by atoms with E-state index in [1.165, 1.54) is 41.7 Å². The van der Waals surface area contributed by atoms with E-state index in [1.54, 1.807) is 48.9 Å². The van der Waals surface area contributed by atoms with Gasteiger partial charge in [0.05, 0.1) is 35.1 Å². The number of thiophene rings is 1. The van der Waals surface area contributed by atoms with Gasteiger partial charge >= 0.3 is 0 Å². The number of sulfone groups is 1. The van der Waals surface area contributed by atoms with E-state index in [9.17, 15) is 18.4 Å². The number of nitrogens with zero attached hydrogens (tertiary/aromatic N) is 2. The number of pyridine rings is 1. The van der Waals surface area contributed by atoms with Gasteiger partial charge in [0, 0.05) is 11.1 Å². The molecule has 1 amide bonds. The minimum absolute atomic E-state index is 0.105. The molecule has 0 spiro atoms. The van der Waals surface area contributed by atoms with E-state index in [0.29, 0.717) is 22.7 Å². The molecule has 4 rings (SSSR count). The van der Waals surface area contributed by atoms with E-state index in [4.69, 9.17) is 4.74 Å². The van der Waals surface area contributed by atoms with E-state index in [-0.39, 0.29) is 10.5 Å². The summed E-state index contributed by atoms with van der Waals surface area (Å²) in [5.41, 5.74) is 4.08. The van der Waals surface area contributed by atoms with Gasteiger partial charge in [-0.25, -0.2) is 13.9 Å². The number of aromatic nitrogens is 1. The zero-order valence-electron chi connectivity index (χ0n) is 19.0. The normalized spacial score (nSPS) is 11.2. The van der Waals surface area contributed by atoms with Gasteiger partial charge in [0.25, 0.3) is 5.91 Å². The monoisotopic (exact) mass is 509 g/mol. The summed E-state index contributed by atoms with van der Waals surface area (Å²) in [7, 11) is -2.35. The van der Waals surface area contributed by atoms with Crippen molar-refractivity contribution in [2.75, 3.05) is 17.9 Å². The lowest BCUT2D eigenvalue weighted by atomic mass is 10.0. The van der Waals surface area contributed by atoms with Crippen molar-refractivity contribution in [3.8, 4) is 16.2 Å². The fourth-order valence-electron chi connectivity index (χ4n) is 3.77. The number of methoxy groups -OCH3 is 1. The van der Waals surface area contributed by atoms with Crippen LogP contribution in [-0.4, -0.2) is 37.5 Å². The highest BCUT2D eigenvalue weighted by Crippen LogP contribution is 2.37. The molecule has 2 N–H and O–H groups in total. The number of amides is 1. The number of rotatable bonds is 8. The van der Waals surface area contributed by atoms with Crippen molar-refractivity contribution in [1.82, 2.24) is 10.5 Å². The molecule has 0 aliphatic carbocycles. The van der Waals surface area contributed by atoms with Gasteiger partial charge in [0.1, 0.15) is 11.6 Å². The molecule has 0 aliphatic rings. The molecule has 35 heavy (non-hydrogen) atoms. The van der Waals surface area contributed by atoms with Crippen LogP contribution >= 0.6 is 11.3 Å². The Morgan fingerprint density at radius 3 is 2.51 bits per heavy atom. The second-order valence-corrected chi connectivity index (χ2v) is 10.6. The summed E-state index contributed by atoms with van der Waals surface area (Å²) in [6, 6.07) is 16.9. The van der Waals surface area contributed by atoms with Crippen molar-refractivity contribution in [3.63, 3.8) is 0 Å². The lowest BCUT2D eigenvalue weighted by Gasteiger charge is -2.28. The van der Waals surface area contributed by atoms with E-state index >= 15 is 0 Å². The number of benzene rings is 2. The Labute approximate surface area is 207 Å². The summed E-state index contributed by atoms with van der Waals surface area (Å²) in [4.78, 5) is 19.5. The molecular formula is C25H23N3O5S2. The Morgan fingerprint density at radius 1 is 1.14 bits per heavy atom. The Hall–Kier alpha value is -3.73. The molecule has 0 unspecified atom stereocenters. The molecule has 0 saturated heterocycles. The van der Waals surface area contributed by atoms with Gasteiger partial charge in [0.2, 0.25) is 0 Å². The van der Waals surface area contributed by atoms with Crippen LogP contribution in [0.1, 0.15) is 15.9 Å². The predicted molar refractivity (Wildman–Crippen MR) is 135 cm³/mol. The number of carbonyl (C=O) groups excluding carboxylic acids is 1. The first-order valence-corrected chi connectivity index (χ1v) is 13.0. The number of anilines is 2. The van der Waals surface area contributed by atoms with Crippen LogP contribution < -0.4 is 15.1 Å². The first-order chi connectivity index (χ1) is 16.8. The first-order valence-electron chi connectivity index (χ1n) is 10.5. The first kappa shape index (κ1) is 24.4. The van der Waals surface area contributed by atoms with Crippen molar-refractivity contribution < 1.29 is 23.2 Å². The summed E-state index contributed by atoms with van der Waals surface area (Å²) in [5, 5.41) is 11.4. The maximum Gasteiger partial charge on any atom is 0.276 e. The summed E-state index contributed by atoms with van der Waals surface area (Å²) < 4.78 is 32.0. The van der Waals surface area contributed by atoms with Crippen molar-refractivity contribution in [1.29, 1.82) is 0 Å². The number of aryl methyl sites for hydroxylation is 1. The maximum absolute atomic E-state index is 13.5. The highest BCUT2D eigenvalue weighted by molar-refractivity contribution is 7.91. The van der Waals surface area contributed by atoms with Crippen LogP contribution in [0.5, 0.6) is 5.75 Å². The van der Waals surface area contributed by atoms with Gasteiger partial charge < -0.3 is 9.64 Å². The molecule has 0 aliphatic heterocycles. The number of carbonyl (C=O) groups is 1. The van der Waals surface area contributed by atoms with Gasteiger partial charge in [0.15, 0.2) is 9.84 Å². The number of nitrogens with one attached hydrogen (secondary N) is 1. The smallest absolute Gasteiger partial charge is 0.276 e. The highest BCUT2D eigenvalue weighted by atomic mass is 32.2. The number of ether oxygens (including phenoxy) is 1. The van der Waals surface area contributed by atoms with Crippen LogP contribution in [0.3, 0.4) is 0 Å². The zero-order chi connectivity index (χ0) is 25.0. The standard InChI is InChI=1S/C25H23N3O5S2/c1-17-13-18(23-6-4-12-34-23)14-22(25(29)27-30)24(17)28(19-5-3-11-26-15-19)16-35(31,32)21-9-7-20(33-2)8-10-21/h3-15,30H,16H2,1-2H3,(H,27,29). The topological polar surface area (TPSA) is 109 Å². The van der Waals surface area contributed by atoms with Crippen LogP contribution in [0, 0.1) is 6.92 Å². The molecule has 2 heterocycles. The van der Waals surface area contributed by atoms with Crippen LogP contribution in [-0.2, 0) is 9.84 Å². The van der Waals surface area contributed by atoms with E-state index in [0.717, 1.165) is 10.4 Å². The molecule has 10 heteroatoms. The quantitative estimate of drug-likeness (QED) is 0.259. The Morgan fingerprint density at radius 2 is 1.91 bits per heavy atom. The van der Waals surface area contributed by atoms with Gasteiger partial charge in [-0.15, -0.1) is 11.3 Å². The molecule has 2 aromatic carbocycles. The van der Waals surface area contributed by atoms with Crippen LogP contribution in [0.4, 0.5) is 11.4 Å². The minimum Gasteiger partial charge on any atom is -0.497 e. The number of hydroxylamine groups is 1. The summed E-state index contributed by atoms with van der Waals surface area (Å²) >= 11 is 1.51. The van der Waals surface area contributed by atoms with E-state index in [1.807, 2.05) is 23.6 Å². The molecule has 0 fully saturated rings.